The minimum absolute atomic E-state index is 0.247. The number of aliphatic hydroxyl groups excluding tert-OH is 1. The molecule has 0 aliphatic heterocycles. The molecule has 1 rings (SSSR count). The van der Waals surface area contributed by atoms with Gasteiger partial charge in [0.05, 0.1) is 6.10 Å². The maximum atomic E-state index is 10.0. The summed E-state index contributed by atoms with van der Waals surface area (Å²) in [6, 6.07) is 0.665. The second-order valence-electron chi connectivity index (χ2n) is 6.47. The highest BCUT2D eigenvalue weighted by atomic mass is 16.3. The van der Waals surface area contributed by atoms with E-state index in [1.54, 1.807) is 0 Å². The van der Waals surface area contributed by atoms with Crippen LogP contribution in [-0.2, 0) is 0 Å². The van der Waals surface area contributed by atoms with Gasteiger partial charge in [-0.2, -0.15) is 0 Å². The maximum Gasteiger partial charge on any atom is 0.0791 e. The molecule has 3 unspecified atom stereocenters. The molecular weight excluding hydrogens is 224 g/mol. The Labute approximate surface area is 113 Å². The van der Waals surface area contributed by atoms with Crippen molar-refractivity contribution >= 4 is 0 Å². The van der Waals surface area contributed by atoms with E-state index in [0.717, 1.165) is 19.0 Å². The number of nitrogens with one attached hydrogen (secondary N) is 1. The van der Waals surface area contributed by atoms with Crippen molar-refractivity contribution in [2.75, 3.05) is 26.7 Å². The first kappa shape index (κ1) is 15.9. The summed E-state index contributed by atoms with van der Waals surface area (Å²) in [7, 11) is 2.16. The Bertz CT molecular complexity index is 221. The van der Waals surface area contributed by atoms with Crippen molar-refractivity contribution < 1.29 is 5.11 Å². The zero-order chi connectivity index (χ0) is 13.5. The predicted octanol–water partition coefficient (Wildman–Crippen LogP) is 2.10. The smallest absolute Gasteiger partial charge is 0.0791 e. The topological polar surface area (TPSA) is 35.5 Å². The third kappa shape index (κ3) is 5.68. The van der Waals surface area contributed by atoms with Crippen molar-refractivity contribution in [1.29, 1.82) is 0 Å². The molecule has 0 radical (unpaired) electrons. The molecule has 3 atom stereocenters. The number of hydrogen-bond donors (Lipinski definition) is 2. The van der Waals surface area contributed by atoms with Gasteiger partial charge in [-0.15, -0.1) is 0 Å². The lowest BCUT2D eigenvalue weighted by Crippen LogP contribution is -2.45. The third-order valence-corrected chi connectivity index (χ3v) is 4.06. The maximum absolute atomic E-state index is 10.0. The molecule has 0 saturated heterocycles. The van der Waals surface area contributed by atoms with Crippen LogP contribution in [0.2, 0.25) is 0 Å². The van der Waals surface area contributed by atoms with Gasteiger partial charge in [-0.3, -0.25) is 0 Å². The van der Waals surface area contributed by atoms with Crippen LogP contribution in [0.25, 0.3) is 0 Å². The van der Waals surface area contributed by atoms with E-state index >= 15 is 0 Å². The quantitative estimate of drug-likeness (QED) is 0.732. The van der Waals surface area contributed by atoms with Crippen LogP contribution in [0.3, 0.4) is 0 Å². The molecule has 0 amide bonds. The first-order valence-electron chi connectivity index (χ1n) is 7.59. The molecular formula is C15H32N2O. The third-order valence-electron chi connectivity index (χ3n) is 4.06. The van der Waals surface area contributed by atoms with Crippen LogP contribution in [-0.4, -0.2) is 48.8 Å². The highest BCUT2D eigenvalue weighted by Crippen LogP contribution is 2.27. The van der Waals surface area contributed by atoms with E-state index in [1.807, 2.05) is 0 Å². The van der Waals surface area contributed by atoms with E-state index in [0.29, 0.717) is 18.5 Å². The first-order valence-corrected chi connectivity index (χ1v) is 7.59. The molecule has 1 fully saturated rings. The summed E-state index contributed by atoms with van der Waals surface area (Å²) in [5.74, 6) is 1.42. The Morgan fingerprint density at radius 3 is 2.50 bits per heavy atom. The Balaban J connectivity index is 2.23. The summed E-state index contributed by atoms with van der Waals surface area (Å²) in [4.78, 5) is 2.37. The van der Waals surface area contributed by atoms with E-state index in [4.69, 9.17) is 0 Å². The van der Waals surface area contributed by atoms with Crippen LogP contribution in [0.4, 0.5) is 0 Å². The number of hydrogen-bond acceptors (Lipinski definition) is 3. The van der Waals surface area contributed by atoms with Gasteiger partial charge in [0.15, 0.2) is 0 Å². The average molecular weight is 256 g/mol. The molecule has 0 bridgehead atoms. The first-order chi connectivity index (χ1) is 8.50. The van der Waals surface area contributed by atoms with Crippen molar-refractivity contribution in [3.8, 4) is 0 Å². The van der Waals surface area contributed by atoms with Crippen molar-refractivity contribution in [2.24, 2.45) is 11.8 Å². The van der Waals surface area contributed by atoms with Crippen molar-refractivity contribution in [2.45, 2.75) is 58.6 Å². The normalized spacial score (nSPS) is 26.8. The molecule has 0 aromatic heterocycles. The fourth-order valence-corrected chi connectivity index (χ4v) is 3.02. The molecule has 3 nitrogen and oxygen atoms in total. The summed E-state index contributed by atoms with van der Waals surface area (Å²) in [6.07, 6.45) is 5.12. The molecule has 18 heavy (non-hydrogen) atoms. The van der Waals surface area contributed by atoms with Gasteiger partial charge >= 0.3 is 0 Å². The highest BCUT2D eigenvalue weighted by molar-refractivity contribution is 4.80. The molecule has 1 aliphatic rings. The van der Waals surface area contributed by atoms with Crippen LogP contribution in [0.1, 0.15) is 46.5 Å². The van der Waals surface area contributed by atoms with E-state index in [-0.39, 0.29) is 6.10 Å². The standard InChI is InChI=1S/C15H32N2O/c1-12(2)9-16-10-14(18)11-17(4)15-8-6-5-7-13(15)3/h12-16,18H,5-11H2,1-4H3. The number of rotatable bonds is 7. The van der Waals surface area contributed by atoms with Crippen molar-refractivity contribution in [3.63, 3.8) is 0 Å². The average Bonchev–Trinajstić information content (AvgIpc) is 2.28. The van der Waals surface area contributed by atoms with Gasteiger partial charge < -0.3 is 15.3 Å². The molecule has 0 heterocycles. The molecule has 0 aromatic carbocycles. The fourth-order valence-electron chi connectivity index (χ4n) is 3.02. The Morgan fingerprint density at radius 1 is 1.22 bits per heavy atom. The lowest BCUT2D eigenvalue weighted by Gasteiger charge is -2.37. The SMILES string of the molecule is CC(C)CNCC(O)CN(C)C1CCCCC1C. The van der Waals surface area contributed by atoms with Gasteiger partial charge in [0, 0.05) is 19.1 Å². The highest BCUT2D eigenvalue weighted by Gasteiger charge is 2.25. The molecule has 0 spiro atoms. The number of nitrogens with zero attached hydrogens (tertiary/aromatic N) is 1. The number of likely N-dealkylation sites (N-methyl/N-ethyl adjacent to an activating group) is 1. The lowest BCUT2D eigenvalue weighted by molar-refractivity contribution is 0.0707. The van der Waals surface area contributed by atoms with Crippen LogP contribution in [0.5, 0.6) is 0 Å². The second-order valence-corrected chi connectivity index (χ2v) is 6.47. The second kappa shape index (κ2) is 8.13. The van der Waals surface area contributed by atoms with E-state index in [2.05, 4.69) is 38.0 Å². The van der Waals surface area contributed by atoms with Gasteiger partial charge in [-0.05, 0) is 38.3 Å². The van der Waals surface area contributed by atoms with Crippen LogP contribution < -0.4 is 5.32 Å². The minimum Gasteiger partial charge on any atom is -0.390 e. The fraction of sp³-hybridized carbons (Fsp3) is 1.00. The van der Waals surface area contributed by atoms with Gasteiger partial charge in [0.25, 0.3) is 0 Å². The largest absolute Gasteiger partial charge is 0.390 e. The zero-order valence-corrected chi connectivity index (χ0v) is 12.7. The monoisotopic (exact) mass is 256 g/mol. The minimum atomic E-state index is -0.247. The predicted molar refractivity (Wildman–Crippen MR) is 77.8 cm³/mol. The zero-order valence-electron chi connectivity index (χ0n) is 12.7. The van der Waals surface area contributed by atoms with Gasteiger partial charge in [0.1, 0.15) is 0 Å². The summed E-state index contributed by atoms with van der Waals surface area (Å²) >= 11 is 0. The van der Waals surface area contributed by atoms with Gasteiger partial charge in [-0.25, -0.2) is 0 Å². The van der Waals surface area contributed by atoms with Crippen LogP contribution >= 0.6 is 0 Å². The molecule has 108 valence electrons. The molecule has 1 aliphatic carbocycles. The molecule has 3 heteroatoms. The van der Waals surface area contributed by atoms with E-state index < -0.39 is 0 Å². The van der Waals surface area contributed by atoms with Gasteiger partial charge in [-0.1, -0.05) is 33.6 Å². The van der Waals surface area contributed by atoms with E-state index in [1.165, 1.54) is 25.7 Å². The molecule has 0 aromatic rings. The summed E-state index contributed by atoms with van der Waals surface area (Å²) < 4.78 is 0. The lowest BCUT2D eigenvalue weighted by atomic mass is 9.85. The van der Waals surface area contributed by atoms with Crippen molar-refractivity contribution in [1.82, 2.24) is 10.2 Å². The summed E-state index contributed by atoms with van der Waals surface area (Å²) in [5, 5.41) is 13.4. The molecule has 1 saturated carbocycles. The van der Waals surface area contributed by atoms with Gasteiger partial charge in [0.2, 0.25) is 0 Å². The summed E-state index contributed by atoms with van der Waals surface area (Å²) in [5.41, 5.74) is 0. The van der Waals surface area contributed by atoms with Crippen molar-refractivity contribution in [3.05, 3.63) is 0 Å². The van der Waals surface area contributed by atoms with Crippen LogP contribution in [0.15, 0.2) is 0 Å². The van der Waals surface area contributed by atoms with Crippen LogP contribution in [0, 0.1) is 11.8 Å². The van der Waals surface area contributed by atoms with E-state index in [9.17, 15) is 5.11 Å². The molecule has 2 N–H and O–H groups in total. The Morgan fingerprint density at radius 2 is 1.89 bits per heavy atom. The Hall–Kier alpha value is -0.120. The number of aliphatic hydroxyl groups is 1. The Kier molecular flexibility index (Phi) is 7.20. The summed E-state index contributed by atoms with van der Waals surface area (Å²) in [6.45, 7) is 9.22.